The Hall–Kier alpha value is -1.88. The first-order chi connectivity index (χ1) is 11.3. The van der Waals surface area contributed by atoms with E-state index in [1.54, 1.807) is 0 Å². The summed E-state index contributed by atoms with van der Waals surface area (Å²) in [5, 5.41) is 6.24. The molecule has 0 saturated carbocycles. The van der Waals surface area contributed by atoms with Crippen molar-refractivity contribution in [3.8, 4) is 0 Å². The fraction of sp³-hybridized carbons (Fsp3) is 0.556. The molecular weight excluding hydrogens is 290 g/mol. The van der Waals surface area contributed by atoms with Crippen molar-refractivity contribution < 1.29 is 9.59 Å². The lowest BCUT2D eigenvalue weighted by molar-refractivity contribution is -0.126. The topological polar surface area (TPSA) is 61.4 Å². The minimum absolute atomic E-state index is 0.136. The second kappa shape index (κ2) is 7.59. The maximum Gasteiger partial charge on any atom is 0.227 e. The summed E-state index contributed by atoms with van der Waals surface area (Å²) in [5.74, 6) is 0.439. The number of anilines is 1. The van der Waals surface area contributed by atoms with Gasteiger partial charge in [0.05, 0.1) is 0 Å². The molecule has 1 aromatic rings. The summed E-state index contributed by atoms with van der Waals surface area (Å²) >= 11 is 0. The number of benzene rings is 1. The molecule has 1 aromatic carbocycles. The summed E-state index contributed by atoms with van der Waals surface area (Å²) in [6, 6.07) is 8.09. The highest BCUT2D eigenvalue weighted by molar-refractivity contribution is 5.95. The van der Waals surface area contributed by atoms with Crippen molar-refractivity contribution in [3.05, 3.63) is 29.8 Å². The highest BCUT2D eigenvalue weighted by atomic mass is 16.2. The monoisotopic (exact) mass is 315 g/mol. The van der Waals surface area contributed by atoms with Gasteiger partial charge in [0.2, 0.25) is 11.8 Å². The van der Waals surface area contributed by atoms with Crippen LogP contribution in [0.3, 0.4) is 0 Å². The molecule has 2 aliphatic heterocycles. The van der Waals surface area contributed by atoms with Crippen molar-refractivity contribution in [2.24, 2.45) is 5.92 Å². The number of carbonyl (C=O) groups is 2. The molecule has 0 aromatic heterocycles. The van der Waals surface area contributed by atoms with Crippen LogP contribution in [0.25, 0.3) is 0 Å². The van der Waals surface area contributed by atoms with Crippen LogP contribution in [-0.4, -0.2) is 38.0 Å². The molecule has 5 nitrogen and oxygen atoms in total. The van der Waals surface area contributed by atoms with Crippen LogP contribution in [0, 0.1) is 5.92 Å². The van der Waals surface area contributed by atoms with Gasteiger partial charge in [-0.25, -0.2) is 0 Å². The number of fused-ring (bicyclic) bond motifs is 1. The summed E-state index contributed by atoms with van der Waals surface area (Å²) in [6.45, 7) is 3.21. The van der Waals surface area contributed by atoms with Crippen molar-refractivity contribution in [2.75, 3.05) is 31.1 Å². The standard InChI is InChI=1S/C18H25N3O2/c22-17(21-13-9-14-4-1-2-5-16(14)21)6-3-10-20-18(23)15-7-11-19-12-8-15/h1-2,4-5,15,19H,3,6-13H2,(H,20,23). The van der Waals surface area contributed by atoms with E-state index in [2.05, 4.69) is 16.7 Å². The maximum absolute atomic E-state index is 12.4. The van der Waals surface area contributed by atoms with E-state index in [9.17, 15) is 9.59 Å². The Kier molecular flexibility index (Phi) is 5.28. The van der Waals surface area contributed by atoms with E-state index in [1.165, 1.54) is 5.56 Å². The number of amides is 2. The van der Waals surface area contributed by atoms with Crippen molar-refractivity contribution in [1.82, 2.24) is 10.6 Å². The second-order valence-corrected chi connectivity index (χ2v) is 6.34. The van der Waals surface area contributed by atoms with Gasteiger partial charge in [-0.15, -0.1) is 0 Å². The van der Waals surface area contributed by atoms with Gasteiger partial charge in [-0.3, -0.25) is 9.59 Å². The molecule has 3 rings (SSSR count). The number of piperidine rings is 1. The van der Waals surface area contributed by atoms with Crippen LogP contribution in [0.5, 0.6) is 0 Å². The van der Waals surface area contributed by atoms with Gasteiger partial charge in [0.25, 0.3) is 0 Å². The van der Waals surface area contributed by atoms with Crippen molar-refractivity contribution in [3.63, 3.8) is 0 Å². The predicted octanol–water partition coefficient (Wildman–Crippen LogP) is 1.47. The Bertz CT molecular complexity index is 567. The molecule has 0 unspecified atom stereocenters. The molecule has 0 radical (unpaired) electrons. The Labute approximate surface area is 137 Å². The Morgan fingerprint density at radius 1 is 1.22 bits per heavy atom. The highest BCUT2D eigenvalue weighted by Gasteiger charge is 2.24. The van der Waals surface area contributed by atoms with Gasteiger partial charge in [-0.05, 0) is 50.4 Å². The number of nitrogens with one attached hydrogen (secondary N) is 2. The minimum Gasteiger partial charge on any atom is -0.356 e. The van der Waals surface area contributed by atoms with Gasteiger partial charge in [0.1, 0.15) is 0 Å². The van der Waals surface area contributed by atoms with Crippen LogP contribution in [0.4, 0.5) is 5.69 Å². The molecular formula is C18H25N3O2. The fourth-order valence-electron chi connectivity index (χ4n) is 3.41. The van der Waals surface area contributed by atoms with E-state index in [1.807, 2.05) is 23.1 Å². The van der Waals surface area contributed by atoms with Gasteiger partial charge in [0.15, 0.2) is 0 Å². The third-order valence-corrected chi connectivity index (χ3v) is 4.76. The van der Waals surface area contributed by atoms with E-state index in [0.717, 1.165) is 44.6 Å². The Morgan fingerprint density at radius 2 is 2.00 bits per heavy atom. The van der Waals surface area contributed by atoms with Gasteiger partial charge >= 0.3 is 0 Å². The molecule has 2 N–H and O–H groups in total. The van der Waals surface area contributed by atoms with Crippen LogP contribution >= 0.6 is 0 Å². The first-order valence-electron chi connectivity index (χ1n) is 8.62. The van der Waals surface area contributed by atoms with E-state index in [4.69, 9.17) is 0 Å². The first kappa shape index (κ1) is 16.0. The highest BCUT2D eigenvalue weighted by Crippen LogP contribution is 2.27. The third kappa shape index (κ3) is 3.91. The van der Waals surface area contributed by atoms with Crippen LogP contribution in [0.1, 0.15) is 31.2 Å². The van der Waals surface area contributed by atoms with Crippen LogP contribution in [0.2, 0.25) is 0 Å². The average molecular weight is 315 g/mol. The zero-order valence-corrected chi connectivity index (χ0v) is 13.5. The van der Waals surface area contributed by atoms with Crippen molar-refractivity contribution in [1.29, 1.82) is 0 Å². The van der Waals surface area contributed by atoms with E-state index in [-0.39, 0.29) is 17.7 Å². The predicted molar refractivity (Wildman–Crippen MR) is 90.3 cm³/mol. The number of hydrogen-bond acceptors (Lipinski definition) is 3. The quantitative estimate of drug-likeness (QED) is 0.809. The molecule has 23 heavy (non-hydrogen) atoms. The fourth-order valence-corrected chi connectivity index (χ4v) is 3.41. The Morgan fingerprint density at radius 3 is 2.83 bits per heavy atom. The number of rotatable bonds is 5. The van der Waals surface area contributed by atoms with E-state index < -0.39 is 0 Å². The molecule has 2 amide bonds. The SMILES string of the molecule is O=C(NCCCC(=O)N1CCc2ccccc21)C1CCNCC1. The molecule has 5 heteroatoms. The average Bonchev–Trinajstić information content (AvgIpc) is 3.03. The van der Waals surface area contributed by atoms with Crippen molar-refractivity contribution >= 4 is 17.5 Å². The molecule has 0 bridgehead atoms. The minimum atomic E-state index is 0.136. The number of para-hydroxylation sites is 1. The number of hydrogen-bond donors (Lipinski definition) is 2. The molecule has 0 atom stereocenters. The Balaban J connectivity index is 1.39. The number of nitrogens with zero attached hydrogens (tertiary/aromatic N) is 1. The lowest BCUT2D eigenvalue weighted by atomic mass is 9.97. The number of carbonyl (C=O) groups excluding carboxylic acids is 2. The van der Waals surface area contributed by atoms with Crippen LogP contribution in [0.15, 0.2) is 24.3 Å². The van der Waals surface area contributed by atoms with Crippen molar-refractivity contribution in [2.45, 2.75) is 32.1 Å². The lowest BCUT2D eigenvalue weighted by Crippen LogP contribution is -2.38. The first-order valence-corrected chi connectivity index (χ1v) is 8.62. The zero-order valence-electron chi connectivity index (χ0n) is 13.5. The van der Waals surface area contributed by atoms with Gasteiger partial charge in [-0.2, -0.15) is 0 Å². The molecule has 0 aliphatic carbocycles. The van der Waals surface area contributed by atoms with Gasteiger partial charge in [0, 0.05) is 31.1 Å². The van der Waals surface area contributed by atoms with Crippen LogP contribution in [-0.2, 0) is 16.0 Å². The normalized spacial score (nSPS) is 17.8. The molecule has 1 saturated heterocycles. The maximum atomic E-state index is 12.4. The van der Waals surface area contributed by atoms with E-state index in [0.29, 0.717) is 19.4 Å². The second-order valence-electron chi connectivity index (χ2n) is 6.34. The molecule has 2 aliphatic rings. The molecule has 1 fully saturated rings. The molecule has 2 heterocycles. The third-order valence-electron chi connectivity index (χ3n) is 4.76. The van der Waals surface area contributed by atoms with E-state index >= 15 is 0 Å². The summed E-state index contributed by atoms with van der Waals surface area (Å²) in [7, 11) is 0. The van der Waals surface area contributed by atoms with Gasteiger partial charge in [-0.1, -0.05) is 18.2 Å². The summed E-state index contributed by atoms with van der Waals surface area (Å²) in [5.41, 5.74) is 2.30. The van der Waals surface area contributed by atoms with Gasteiger partial charge < -0.3 is 15.5 Å². The largest absolute Gasteiger partial charge is 0.356 e. The molecule has 124 valence electrons. The summed E-state index contributed by atoms with van der Waals surface area (Å²) in [6.07, 6.45) is 3.95. The summed E-state index contributed by atoms with van der Waals surface area (Å²) in [4.78, 5) is 26.3. The smallest absolute Gasteiger partial charge is 0.227 e. The van der Waals surface area contributed by atoms with Crippen LogP contribution < -0.4 is 15.5 Å². The summed E-state index contributed by atoms with van der Waals surface area (Å²) < 4.78 is 0. The molecule has 0 spiro atoms. The zero-order chi connectivity index (χ0) is 16.1. The lowest BCUT2D eigenvalue weighted by Gasteiger charge is -2.22.